The Bertz CT molecular complexity index is 589. The Hall–Kier alpha value is -1.34. The summed E-state index contributed by atoms with van der Waals surface area (Å²) in [6.07, 6.45) is 2.69. The number of carbonyl (C=O) groups excluding carboxylic acids is 2. The van der Waals surface area contributed by atoms with Crippen LogP contribution < -0.4 is 5.73 Å². The van der Waals surface area contributed by atoms with Crippen LogP contribution in [0.15, 0.2) is 30.3 Å². The van der Waals surface area contributed by atoms with Crippen LogP contribution in [0.1, 0.15) is 30.9 Å². The molecule has 0 radical (unpaired) electrons. The molecule has 27 heavy (non-hydrogen) atoms. The van der Waals surface area contributed by atoms with Gasteiger partial charge in [-0.1, -0.05) is 30.3 Å². The summed E-state index contributed by atoms with van der Waals surface area (Å²) in [6.45, 7) is 5.03. The van der Waals surface area contributed by atoms with Gasteiger partial charge in [0, 0.05) is 38.6 Å². The number of rotatable bonds is 5. The van der Waals surface area contributed by atoms with Crippen LogP contribution in [0.5, 0.6) is 0 Å². The van der Waals surface area contributed by atoms with E-state index in [0.717, 1.165) is 18.7 Å². The minimum atomic E-state index is -0.275. The van der Waals surface area contributed by atoms with Crippen molar-refractivity contribution in [1.29, 1.82) is 0 Å². The lowest BCUT2D eigenvalue weighted by molar-refractivity contribution is -0.140. The van der Waals surface area contributed by atoms with Gasteiger partial charge in [-0.3, -0.25) is 14.5 Å². The summed E-state index contributed by atoms with van der Waals surface area (Å²) in [7, 11) is 0. The average molecular weight is 417 g/mol. The highest BCUT2D eigenvalue weighted by molar-refractivity contribution is 5.85. The van der Waals surface area contributed by atoms with Gasteiger partial charge in [0.2, 0.25) is 11.8 Å². The molecule has 1 atom stereocenters. The van der Waals surface area contributed by atoms with Crippen molar-refractivity contribution in [2.45, 2.75) is 25.3 Å². The number of hydrogen-bond acceptors (Lipinski definition) is 4. The summed E-state index contributed by atoms with van der Waals surface area (Å²) in [4.78, 5) is 30.8. The van der Waals surface area contributed by atoms with Crippen molar-refractivity contribution in [3.05, 3.63) is 35.9 Å². The summed E-state index contributed by atoms with van der Waals surface area (Å²) >= 11 is 0. The Balaban J connectivity index is 0.00000182. The van der Waals surface area contributed by atoms with Crippen LogP contribution in [0, 0.1) is 0 Å². The van der Waals surface area contributed by atoms with Gasteiger partial charge in [-0.2, -0.15) is 0 Å². The number of benzene rings is 1. The zero-order chi connectivity index (χ0) is 17.6. The quantitative estimate of drug-likeness (QED) is 0.792. The standard InChI is InChI=1S/C19H28N4O2.2ClH/c20-17(16-6-2-1-3-7-16)14-18(24)22-10-12-23(13-11-22)19(25)15-21-8-4-5-9-21;;/h1-3,6-7,17H,4-5,8-15,20H2;2*1H. The van der Waals surface area contributed by atoms with Crippen LogP contribution in [0.3, 0.4) is 0 Å². The lowest BCUT2D eigenvalue weighted by Gasteiger charge is -2.36. The first kappa shape index (κ1) is 23.7. The highest BCUT2D eigenvalue weighted by Crippen LogP contribution is 2.16. The molecule has 0 saturated carbocycles. The molecule has 8 heteroatoms. The number of nitrogens with zero attached hydrogens (tertiary/aromatic N) is 3. The van der Waals surface area contributed by atoms with Gasteiger partial charge in [0.15, 0.2) is 0 Å². The number of halogens is 2. The fraction of sp³-hybridized carbons (Fsp3) is 0.579. The average Bonchev–Trinajstić information content (AvgIpc) is 3.15. The minimum absolute atomic E-state index is 0. The molecule has 1 aromatic carbocycles. The van der Waals surface area contributed by atoms with E-state index in [1.807, 2.05) is 40.1 Å². The van der Waals surface area contributed by atoms with E-state index in [4.69, 9.17) is 5.73 Å². The molecule has 6 nitrogen and oxygen atoms in total. The largest absolute Gasteiger partial charge is 0.339 e. The van der Waals surface area contributed by atoms with Gasteiger partial charge in [0.25, 0.3) is 0 Å². The summed E-state index contributed by atoms with van der Waals surface area (Å²) < 4.78 is 0. The van der Waals surface area contributed by atoms with E-state index in [-0.39, 0.29) is 42.7 Å². The monoisotopic (exact) mass is 416 g/mol. The molecule has 2 aliphatic heterocycles. The first-order chi connectivity index (χ1) is 12.1. The molecular formula is C19H30Cl2N4O2. The third-order valence-corrected chi connectivity index (χ3v) is 5.16. The maximum atomic E-state index is 12.5. The van der Waals surface area contributed by atoms with Crippen LogP contribution in [-0.2, 0) is 9.59 Å². The Kier molecular flexibility index (Phi) is 10.1. The molecule has 0 spiro atoms. The van der Waals surface area contributed by atoms with Crippen LogP contribution in [0.2, 0.25) is 0 Å². The number of piperazine rings is 1. The third kappa shape index (κ3) is 6.64. The summed E-state index contributed by atoms with van der Waals surface area (Å²) in [5.74, 6) is 0.262. The van der Waals surface area contributed by atoms with Gasteiger partial charge in [0.1, 0.15) is 0 Å². The maximum Gasteiger partial charge on any atom is 0.236 e. The minimum Gasteiger partial charge on any atom is -0.339 e. The molecule has 3 rings (SSSR count). The van der Waals surface area contributed by atoms with E-state index in [1.165, 1.54) is 12.8 Å². The van der Waals surface area contributed by atoms with Crippen molar-refractivity contribution in [3.63, 3.8) is 0 Å². The fourth-order valence-corrected chi connectivity index (χ4v) is 3.57. The van der Waals surface area contributed by atoms with Gasteiger partial charge >= 0.3 is 0 Å². The first-order valence-electron chi connectivity index (χ1n) is 9.22. The Labute approximate surface area is 173 Å². The normalized spacial score (nSPS) is 18.4. The van der Waals surface area contributed by atoms with E-state index in [1.54, 1.807) is 0 Å². The third-order valence-electron chi connectivity index (χ3n) is 5.16. The summed E-state index contributed by atoms with van der Waals surface area (Å²) in [5.41, 5.74) is 7.13. The molecule has 2 heterocycles. The highest BCUT2D eigenvalue weighted by atomic mass is 35.5. The molecule has 2 amide bonds. The van der Waals surface area contributed by atoms with Crippen LogP contribution in [0.25, 0.3) is 0 Å². The molecular weight excluding hydrogens is 387 g/mol. The fourth-order valence-electron chi connectivity index (χ4n) is 3.57. The van der Waals surface area contributed by atoms with Crippen molar-refractivity contribution in [2.24, 2.45) is 5.73 Å². The predicted octanol–water partition coefficient (Wildman–Crippen LogP) is 1.69. The number of amides is 2. The second-order valence-corrected chi connectivity index (χ2v) is 6.97. The van der Waals surface area contributed by atoms with Crippen LogP contribution in [-0.4, -0.2) is 72.3 Å². The molecule has 2 fully saturated rings. The molecule has 0 aromatic heterocycles. The second-order valence-electron chi connectivity index (χ2n) is 6.97. The number of carbonyl (C=O) groups is 2. The Morgan fingerprint density at radius 2 is 1.37 bits per heavy atom. The summed E-state index contributed by atoms with van der Waals surface area (Å²) in [5, 5.41) is 0. The van der Waals surface area contributed by atoms with E-state index >= 15 is 0 Å². The smallest absolute Gasteiger partial charge is 0.236 e. The van der Waals surface area contributed by atoms with Gasteiger partial charge < -0.3 is 15.5 Å². The molecule has 2 N–H and O–H groups in total. The van der Waals surface area contributed by atoms with Crippen molar-refractivity contribution in [3.8, 4) is 0 Å². The highest BCUT2D eigenvalue weighted by Gasteiger charge is 2.26. The molecule has 1 aromatic rings. The number of hydrogen-bond donors (Lipinski definition) is 1. The van der Waals surface area contributed by atoms with Crippen LogP contribution in [0.4, 0.5) is 0 Å². The van der Waals surface area contributed by atoms with E-state index in [2.05, 4.69) is 4.90 Å². The van der Waals surface area contributed by atoms with E-state index in [9.17, 15) is 9.59 Å². The van der Waals surface area contributed by atoms with Crippen molar-refractivity contribution in [2.75, 3.05) is 45.8 Å². The number of likely N-dealkylation sites (tertiary alicyclic amines) is 1. The zero-order valence-electron chi connectivity index (χ0n) is 15.6. The summed E-state index contributed by atoms with van der Waals surface area (Å²) in [6, 6.07) is 9.44. The van der Waals surface area contributed by atoms with Crippen molar-refractivity contribution >= 4 is 36.6 Å². The van der Waals surface area contributed by atoms with Gasteiger partial charge in [0.05, 0.1) is 6.54 Å². The SMILES string of the molecule is Cl.Cl.NC(CC(=O)N1CCN(C(=O)CN2CCCC2)CC1)c1ccccc1. The van der Waals surface area contributed by atoms with E-state index in [0.29, 0.717) is 39.1 Å². The van der Waals surface area contributed by atoms with Gasteiger partial charge in [-0.25, -0.2) is 0 Å². The molecule has 152 valence electrons. The van der Waals surface area contributed by atoms with Crippen LogP contribution >= 0.6 is 24.8 Å². The predicted molar refractivity (Wildman–Crippen MR) is 111 cm³/mol. The molecule has 1 unspecified atom stereocenters. The molecule has 0 aliphatic carbocycles. The lowest BCUT2D eigenvalue weighted by atomic mass is 10.0. The van der Waals surface area contributed by atoms with Crippen molar-refractivity contribution in [1.82, 2.24) is 14.7 Å². The van der Waals surface area contributed by atoms with Crippen molar-refractivity contribution < 1.29 is 9.59 Å². The molecule has 2 aliphatic rings. The van der Waals surface area contributed by atoms with Gasteiger partial charge in [-0.05, 0) is 31.5 Å². The number of nitrogens with two attached hydrogens (primary N) is 1. The Morgan fingerprint density at radius 1 is 0.852 bits per heavy atom. The lowest BCUT2D eigenvalue weighted by Crippen LogP contribution is -2.52. The maximum absolute atomic E-state index is 12.5. The molecule has 2 saturated heterocycles. The second kappa shape index (κ2) is 11.5. The topological polar surface area (TPSA) is 69.9 Å². The first-order valence-corrected chi connectivity index (χ1v) is 9.22. The zero-order valence-corrected chi connectivity index (χ0v) is 17.2. The molecule has 0 bridgehead atoms. The van der Waals surface area contributed by atoms with Gasteiger partial charge in [-0.15, -0.1) is 24.8 Å². The van der Waals surface area contributed by atoms with E-state index < -0.39 is 0 Å². The Morgan fingerprint density at radius 3 is 1.93 bits per heavy atom.